The average Bonchev–Trinajstić information content (AvgIpc) is 2.55. The first-order valence-corrected chi connectivity index (χ1v) is 7.92. The van der Waals surface area contributed by atoms with Gasteiger partial charge < -0.3 is 15.1 Å². The summed E-state index contributed by atoms with van der Waals surface area (Å²) in [6.45, 7) is 10.0. The molecule has 2 saturated heterocycles. The topological polar surface area (TPSA) is 18.5 Å². The largest absolute Gasteiger partial charge is 0.313 e. The van der Waals surface area contributed by atoms with E-state index < -0.39 is 0 Å². The zero-order valence-corrected chi connectivity index (χ0v) is 12.3. The summed E-state index contributed by atoms with van der Waals surface area (Å²) in [5.74, 6) is 0.907. The first-order chi connectivity index (χ1) is 8.78. The molecule has 2 aliphatic rings. The smallest absolute Gasteiger partial charge is 0.0194 e. The lowest BCUT2D eigenvalue weighted by molar-refractivity contribution is 0.149. The average molecular weight is 253 g/mol. The Hall–Kier alpha value is -0.120. The molecule has 2 atom stereocenters. The van der Waals surface area contributed by atoms with Crippen LogP contribution >= 0.6 is 0 Å². The van der Waals surface area contributed by atoms with Gasteiger partial charge in [0, 0.05) is 25.7 Å². The molecule has 0 bridgehead atoms. The summed E-state index contributed by atoms with van der Waals surface area (Å²) in [6, 6.07) is 0.735. The standard InChI is InChI=1S/C15H31N3/c1-3-6-15-13-18(10-5-8-16-15)12-14-7-4-9-17(2)11-14/h14-16H,3-13H2,1-2H3. The second-order valence-corrected chi connectivity index (χ2v) is 6.32. The first-order valence-electron chi connectivity index (χ1n) is 7.92. The van der Waals surface area contributed by atoms with Gasteiger partial charge >= 0.3 is 0 Å². The molecule has 3 nitrogen and oxygen atoms in total. The molecular formula is C15H31N3. The van der Waals surface area contributed by atoms with Gasteiger partial charge in [0.1, 0.15) is 0 Å². The Morgan fingerprint density at radius 2 is 2.06 bits per heavy atom. The quantitative estimate of drug-likeness (QED) is 0.824. The zero-order chi connectivity index (χ0) is 12.8. The van der Waals surface area contributed by atoms with E-state index in [1.807, 2.05) is 0 Å². The third-order valence-corrected chi connectivity index (χ3v) is 4.44. The molecule has 2 aliphatic heterocycles. The van der Waals surface area contributed by atoms with Crippen molar-refractivity contribution in [2.75, 3.05) is 46.3 Å². The Labute approximate surface area is 113 Å². The summed E-state index contributed by atoms with van der Waals surface area (Å²) in [7, 11) is 2.27. The van der Waals surface area contributed by atoms with E-state index in [2.05, 4.69) is 29.1 Å². The molecule has 0 saturated carbocycles. The minimum atomic E-state index is 0.735. The van der Waals surface area contributed by atoms with Crippen LogP contribution in [0.15, 0.2) is 0 Å². The van der Waals surface area contributed by atoms with Crippen molar-refractivity contribution in [3.05, 3.63) is 0 Å². The van der Waals surface area contributed by atoms with Crippen LogP contribution in [0.3, 0.4) is 0 Å². The highest BCUT2D eigenvalue weighted by Crippen LogP contribution is 2.17. The molecule has 0 aromatic carbocycles. The van der Waals surface area contributed by atoms with Crippen molar-refractivity contribution in [3.63, 3.8) is 0 Å². The van der Waals surface area contributed by atoms with Gasteiger partial charge in [0.2, 0.25) is 0 Å². The van der Waals surface area contributed by atoms with Crippen LogP contribution in [0.1, 0.15) is 39.0 Å². The van der Waals surface area contributed by atoms with E-state index in [4.69, 9.17) is 0 Å². The minimum absolute atomic E-state index is 0.735. The van der Waals surface area contributed by atoms with Gasteiger partial charge in [-0.15, -0.1) is 0 Å². The summed E-state index contributed by atoms with van der Waals surface area (Å²) < 4.78 is 0. The van der Waals surface area contributed by atoms with E-state index in [9.17, 15) is 0 Å². The summed E-state index contributed by atoms with van der Waals surface area (Å²) in [5.41, 5.74) is 0. The van der Waals surface area contributed by atoms with Gasteiger partial charge in [-0.1, -0.05) is 13.3 Å². The van der Waals surface area contributed by atoms with Gasteiger partial charge in [0.15, 0.2) is 0 Å². The Morgan fingerprint density at radius 3 is 2.83 bits per heavy atom. The molecule has 0 spiro atoms. The number of nitrogens with one attached hydrogen (secondary N) is 1. The lowest BCUT2D eigenvalue weighted by Gasteiger charge is -2.34. The lowest BCUT2D eigenvalue weighted by atomic mass is 9.97. The van der Waals surface area contributed by atoms with Crippen molar-refractivity contribution < 1.29 is 0 Å². The third-order valence-electron chi connectivity index (χ3n) is 4.44. The fourth-order valence-electron chi connectivity index (χ4n) is 3.57. The zero-order valence-electron chi connectivity index (χ0n) is 12.3. The van der Waals surface area contributed by atoms with E-state index in [-0.39, 0.29) is 0 Å². The minimum Gasteiger partial charge on any atom is -0.313 e. The Kier molecular flexibility index (Phi) is 5.93. The summed E-state index contributed by atoms with van der Waals surface area (Å²) in [6.07, 6.45) is 6.79. The van der Waals surface area contributed by atoms with Crippen LogP contribution in [0.25, 0.3) is 0 Å². The van der Waals surface area contributed by atoms with E-state index >= 15 is 0 Å². The lowest BCUT2D eigenvalue weighted by Crippen LogP contribution is -2.43. The van der Waals surface area contributed by atoms with Gasteiger partial charge in [-0.2, -0.15) is 0 Å². The van der Waals surface area contributed by atoms with Gasteiger partial charge in [0.25, 0.3) is 0 Å². The summed E-state index contributed by atoms with van der Waals surface area (Å²) in [4.78, 5) is 5.23. The normalized spacial score (nSPS) is 32.3. The SMILES string of the molecule is CCCC1CN(CC2CCCN(C)C2)CCCN1. The monoisotopic (exact) mass is 253 g/mol. The number of rotatable bonds is 4. The van der Waals surface area contributed by atoms with E-state index in [0.29, 0.717) is 0 Å². The Morgan fingerprint density at radius 1 is 1.17 bits per heavy atom. The summed E-state index contributed by atoms with van der Waals surface area (Å²) in [5, 5.41) is 3.71. The molecule has 0 radical (unpaired) electrons. The predicted molar refractivity (Wildman–Crippen MR) is 78.0 cm³/mol. The van der Waals surface area contributed by atoms with Gasteiger partial charge in [-0.25, -0.2) is 0 Å². The number of nitrogens with zero attached hydrogens (tertiary/aromatic N) is 2. The van der Waals surface area contributed by atoms with Crippen molar-refractivity contribution in [2.24, 2.45) is 5.92 Å². The van der Waals surface area contributed by atoms with Crippen molar-refractivity contribution in [1.82, 2.24) is 15.1 Å². The van der Waals surface area contributed by atoms with Crippen LogP contribution < -0.4 is 5.32 Å². The van der Waals surface area contributed by atoms with Gasteiger partial charge in [-0.05, 0) is 58.3 Å². The van der Waals surface area contributed by atoms with Crippen molar-refractivity contribution in [3.8, 4) is 0 Å². The van der Waals surface area contributed by atoms with Gasteiger partial charge in [-0.3, -0.25) is 0 Å². The van der Waals surface area contributed by atoms with Crippen LogP contribution in [0, 0.1) is 5.92 Å². The highest BCUT2D eigenvalue weighted by molar-refractivity contribution is 4.80. The molecule has 3 heteroatoms. The number of hydrogen-bond donors (Lipinski definition) is 1. The maximum Gasteiger partial charge on any atom is 0.0194 e. The molecule has 18 heavy (non-hydrogen) atoms. The van der Waals surface area contributed by atoms with Crippen LogP contribution in [-0.2, 0) is 0 Å². The Bertz CT molecular complexity index is 232. The molecule has 1 N–H and O–H groups in total. The van der Waals surface area contributed by atoms with Crippen LogP contribution in [0.4, 0.5) is 0 Å². The van der Waals surface area contributed by atoms with Crippen LogP contribution in [0.2, 0.25) is 0 Å². The highest BCUT2D eigenvalue weighted by Gasteiger charge is 2.22. The number of likely N-dealkylation sites (tertiary alicyclic amines) is 1. The van der Waals surface area contributed by atoms with Crippen molar-refractivity contribution in [2.45, 2.75) is 45.1 Å². The molecule has 2 fully saturated rings. The molecule has 0 aromatic rings. The molecule has 2 rings (SSSR count). The molecule has 0 amide bonds. The molecule has 106 valence electrons. The summed E-state index contributed by atoms with van der Waals surface area (Å²) >= 11 is 0. The first kappa shape index (κ1) is 14.3. The molecular weight excluding hydrogens is 222 g/mol. The van der Waals surface area contributed by atoms with E-state index in [0.717, 1.165) is 12.0 Å². The highest BCUT2D eigenvalue weighted by atomic mass is 15.2. The van der Waals surface area contributed by atoms with Crippen LogP contribution in [-0.4, -0.2) is 62.2 Å². The maximum absolute atomic E-state index is 3.71. The van der Waals surface area contributed by atoms with E-state index in [1.54, 1.807) is 0 Å². The second-order valence-electron chi connectivity index (χ2n) is 6.32. The molecule has 0 aliphatic carbocycles. The fraction of sp³-hybridized carbons (Fsp3) is 1.00. The molecule has 0 aromatic heterocycles. The molecule has 2 heterocycles. The van der Waals surface area contributed by atoms with Gasteiger partial charge in [0.05, 0.1) is 0 Å². The number of piperidine rings is 1. The van der Waals surface area contributed by atoms with E-state index in [1.165, 1.54) is 71.4 Å². The van der Waals surface area contributed by atoms with Crippen molar-refractivity contribution >= 4 is 0 Å². The molecule has 2 unspecified atom stereocenters. The van der Waals surface area contributed by atoms with Crippen molar-refractivity contribution in [1.29, 1.82) is 0 Å². The van der Waals surface area contributed by atoms with Crippen LogP contribution in [0.5, 0.6) is 0 Å². The number of hydrogen-bond acceptors (Lipinski definition) is 3. The maximum atomic E-state index is 3.71. The fourth-order valence-corrected chi connectivity index (χ4v) is 3.57. The third kappa shape index (κ3) is 4.52. The second kappa shape index (κ2) is 7.46. The predicted octanol–water partition coefficient (Wildman–Crippen LogP) is 1.79. The Balaban J connectivity index is 1.79.